The van der Waals surface area contributed by atoms with Crippen molar-refractivity contribution in [3.05, 3.63) is 64.1 Å². The van der Waals surface area contributed by atoms with Crippen LogP contribution in [-0.4, -0.2) is 34.0 Å². The molecule has 0 bridgehead atoms. The molecule has 0 aliphatic heterocycles. The maximum atomic E-state index is 13.1. The minimum atomic E-state index is -0.635. The molecular weight excluding hydrogens is 427 g/mol. The molecule has 1 atom stereocenters. The number of rotatable bonds is 7. The quantitative estimate of drug-likeness (QED) is 0.570. The van der Waals surface area contributed by atoms with Crippen molar-refractivity contribution in [2.45, 2.75) is 50.7 Å². The highest BCUT2D eigenvalue weighted by Gasteiger charge is 2.28. The molecule has 0 radical (unpaired) electrons. The summed E-state index contributed by atoms with van der Waals surface area (Å²) >= 11 is 13.6. The lowest BCUT2D eigenvalue weighted by molar-refractivity contribution is -0.139. The Morgan fingerprint density at radius 3 is 2.28 bits per heavy atom. The van der Waals surface area contributed by atoms with E-state index in [1.165, 1.54) is 11.8 Å². The van der Waals surface area contributed by atoms with Crippen LogP contribution >= 0.6 is 35.0 Å². The highest BCUT2D eigenvalue weighted by Crippen LogP contribution is 2.23. The van der Waals surface area contributed by atoms with E-state index in [0.29, 0.717) is 10.0 Å². The van der Waals surface area contributed by atoms with Crippen molar-refractivity contribution in [1.29, 1.82) is 0 Å². The molecule has 0 aromatic heterocycles. The number of benzene rings is 2. The summed E-state index contributed by atoms with van der Waals surface area (Å²) in [4.78, 5) is 28.3. The Kier molecular flexibility index (Phi) is 8.44. The molecule has 1 N–H and O–H groups in total. The van der Waals surface area contributed by atoms with Crippen LogP contribution in [0.25, 0.3) is 0 Å². The lowest BCUT2D eigenvalue weighted by atomic mass is 10.1. The van der Waals surface area contributed by atoms with E-state index in [0.717, 1.165) is 10.5 Å². The topological polar surface area (TPSA) is 49.4 Å². The van der Waals surface area contributed by atoms with Crippen LogP contribution in [0.1, 0.15) is 33.3 Å². The van der Waals surface area contributed by atoms with Gasteiger partial charge in [0, 0.05) is 27.0 Å². The average Bonchev–Trinajstić information content (AvgIpc) is 2.65. The first-order valence-corrected chi connectivity index (χ1v) is 11.0. The summed E-state index contributed by atoms with van der Waals surface area (Å²) in [6.45, 7) is 7.73. The number of carbonyl (C=O) groups is 2. The summed E-state index contributed by atoms with van der Waals surface area (Å²) in [5, 5.41) is 4.16. The third-order valence-electron chi connectivity index (χ3n) is 4.14. The zero-order valence-corrected chi connectivity index (χ0v) is 19.4. The monoisotopic (exact) mass is 452 g/mol. The minimum Gasteiger partial charge on any atom is -0.350 e. The molecule has 156 valence electrons. The number of nitrogens with one attached hydrogen (secondary N) is 1. The van der Waals surface area contributed by atoms with Gasteiger partial charge in [0.05, 0.1) is 5.75 Å². The molecule has 4 nitrogen and oxygen atoms in total. The van der Waals surface area contributed by atoms with Gasteiger partial charge in [0.1, 0.15) is 6.04 Å². The summed E-state index contributed by atoms with van der Waals surface area (Å²) in [7, 11) is 0. The van der Waals surface area contributed by atoms with E-state index in [1.54, 1.807) is 30.0 Å². The number of thioether (sulfide) groups is 1. The standard InChI is InChI=1S/C22H26Cl2N2O2S/c1-15(21(28)25-22(2,3)4)26(13-16-7-5-6-8-19(16)24)20(27)14-29-18-11-9-17(23)10-12-18/h5-12,15H,13-14H2,1-4H3,(H,25,28)/t15-/m0/s1. The lowest BCUT2D eigenvalue weighted by Crippen LogP contribution is -2.52. The second-order valence-corrected chi connectivity index (χ2v) is 9.66. The number of hydrogen-bond donors (Lipinski definition) is 1. The summed E-state index contributed by atoms with van der Waals surface area (Å²) in [6.07, 6.45) is 0. The van der Waals surface area contributed by atoms with Crippen LogP contribution in [-0.2, 0) is 16.1 Å². The fraction of sp³-hybridized carbons (Fsp3) is 0.364. The molecule has 0 aliphatic carbocycles. The maximum Gasteiger partial charge on any atom is 0.242 e. The SMILES string of the molecule is C[C@@H](C(=O)NC(C)(C)C)N(Cc1ccccc1Cl)C(=O)CSc1ccc(Cl)cc1. The Hall–Kier alpha value is -1.69. The number of halogens is 2. The third kappa shape index (κ3) is 7.57. The summed E-state index contributed by atoms with van der Waals surface area (Å²) < 4.78 is 0. The Morgan fingerprint density at radius 2 is 1.69 bits per heavy atom. The normalized spacial score (nSPS) is 12.3. The summed E-state index contributed by atoms with van der Waals surface area (Å²) in [5.41, 5.74) is 0.414. The van der Waals surface area contributed by atoms with Crippen molar-refractivity contribution in [3.63, 3.8) is 0 Å². The highest BCUT2D eigenvalue weighted by molar-refractivity contribution is 8.00. The second kappa shape index (κ2) is 10.4. The molecule has 0 fully saturated rings. The van der Waals surface area contributed by atoms with Crippen LogP contribution < -0.4 is 5.32 Å². The molecule has 0 saturated carbocycles. The molecule has 0 aliphatic rings. The fourth-order valence-corrected chi connectivity index (χ4v) is 3.73. The fourth-order valence-electron chi connectivity index (χ4n) is 2.63. The van der Waals surface area contributed by atoms with E-state index in [2.05, 4.69) is 5.32 Å². The minimum absolute atomic E-state index is 0.138. The molecule has 2 aromatic carbocycles. The number of nitrogens with zero attached hydrogens (tertiary/aromatic N) is 1. The highest BCUT2D eigenvalue weighted by atomic mass is 35.5. The number of amides is 2. The second-order valence-electron chi connectivity index (χ2n) is 7.77. The summed E-state index contributed by atoms with van der Waals surface area (Å²) in [6, 6.07) is 14.0. The summed E-state index contributed by atoms with van der Waals surface area (Å²) in [5.74, 6) is -0.130. The van der Waals surface area contributed by atoms with E-state index in [1.807, 2.05) is 51.1 Å². The van der Waals surface area contributed by atoms with Crippen molar-refractivity contribution < 1.29 is 9.59 Å². The van der Waals surface area contributed by atoms with E-state index in [9.17, 15) is 9.59 Å². The van der Waals surface area contributed by atoms with Crippen molar-refractivity contribution in [2.24, 2.45) is 0 Å². The zero-order valence-electron chi connectivity index (χ0n) is 17.0. The van der Waals surface area contributed by atoms with Crippen molar-refractivity contribution in [1.82, 2.24) is 10.2 Å². The first-order chi connectivity index (χ1) is 13.6. The number of carbonyl (C=O) groups excluding carboxylic acids is 2. The van der Waals surface area contributed by atoms with Crippen LogP contribution in [0.3, 0.4) is 0 Å². The predicted octanol–water partition coefficient (Wildman–Crippen LogP) is 5.42. The number of hydrogen-bond acceptors (Lipinski definition) is 3. The molecule has 7 heteroatoms. The van der Waals surface area contributed by atoms with E-state index in [4.69, 9.17) is 23.2 Å². The van der Waals surface area contributed by atoms with Gasteiger partial charge >= 0.3 is 0 Å². The van der Waals surface area contributed by atoms with Gasteiger partial charge in [0.2, 0.25) is 11.8 Å². The van der Waals surface area contributed by atoms with Gasteiger partial charge in [0.15, 0.2) is 0 Å². The van der Waals surface area contributed by atoms with Gasteiger partial charge in [0.25, 0.3) is 0 Å². The van der Waals surface area contributed by atoms with Gasteiger partial charge in [-0.3, -0.25) is 9.59 Å². The molecule has 2 amide bonds. The van der Waals surface area contributed by atoms with E-state index in [-0.39, 0.29) is 29.7 Å². The zero-order chi connectivity index (χ0) is 21.6. The van der Waals surface area contributed by atoms with Crippen LogP contribution in [0.5, 0.6) is 0 Å². The van der Waals surface area contributed by atoms with Crippen molar-refractivity contribution >= 4 is 46.8 Å². The van der Waals surface area contributed by atoms with Crippen LogP contribution in [0.15, 0.2) is 53.4 Å². The third-order valence-corrected chi connectivity index (χ3v) is 5.76. The Bertz CT molecular complexity index is 851. The Labute approximate surface area is 187 Å². The van der Waals surface area contributed by atoms with Gasteiger partial charge in [-0.15, -0.1) is 11.8 Å². The molecule has 0 heterocycles. The van der Waals surface area contributed by atoms with Gasteiger partial charge < -0.3 is 10.2 Å². The molecule has 0 saturated heterocycles. The smallest absolute Gasteiger partial charge is 0.242 e. The largest absolute Gasteiger partial charge is 0.350 e. The van der Waals surface area contributed by atoms with Crippen LogP contribution in [0.2, 0.25) is 10.0 Å². The average molecular weight is 453 g/mol. The Balaban J connectivity index is 2.18. The Morgan fingerprint density at radius 1 is 1.07 bits per heavy atom. The van der Waals surface area contributed by atoms with Crippen molar-refractivity contribution in [2.75, 3.05) is 5.75 Å². The van der Waals surface area contributed by atoms with Gasteiger partial charge in [-0.2, -0.15) is 0 Å². The first-order valence-electron chi connectivity index (χ1n) is 9.30. The van der Waals surface area contributed by atoms with Crippen LogP contribution in [0, 0.1) is 0 Å². The van der Waals surface area contributed by atoms with E-state index < -0.39 is 6.04 Å². The predicted molar refractivity (Wildman–Crippen MR) is 122 cm³/mol. The van der Waals surface area contributed by atoms with Gasteiger partial charge in [-0.05, 0) is 63.6 Å². The maximum absolute atomic E-state index is 13.1. The molecule has 2 aromatic rings. The van der Waals surface area contributed by atoms with Crippen LogP contribution in [0.4, 0.5) is 0 Å². The molecular formula is C22H26Cl2N2O2S. The molecule has 0 spiro atoms. The molecule has 29 heavy (non-hydrogen) atoms. The van der Waals surface area contributed by atoms with E-state index >= 15 is 0 Å². The molecule has 2 rings (SSSR count). The van der Waals surface area contributed by atoms with Gasteiger partial charge in [-0.25, -0.2) is 0 Å². The molecule has 0 unspecified atom stereocenters. The van der Waals surface area contributed by atoms with Crippen molar-refractivity contribution in [3.8, 4) is 0 Å². The van der Waals surface area contributed by atoms with Gasteiger partial charge in [-0.1, -0.05) is 41.4 Å². The lowest BCUT2D eigenvalue weighted by Gasteiger charge is -2.31. The first kappa shape index (κ1) is 23.6.